The lowest BCUT2D eigenvalue weighted by Gasteiger charge is -1.98. The summed E-state index contributed by atoms with van der Waals surface area (Å²) in [6.07, 6.45) is 19.0. The summed E-state index contributed by atoms with van der Waals surface area (Å²) in [6.45, 7) is 4.48. The van der Waals surface area contributed by atoms with Crippen LogP contribution in [0.5, 0.6) is 0 Å². The third-order valence-corrected chi connectivity index (χ3v) is 2.49. The molecule has 0 aromatic rings. The molecule has 0 saturated carbocycles. The van der Waals surface area contributed by atoms with Crippen LogP contribution in [0.3, 0.4) is 0 Å². The monoisotopic (exact) mass is 195 g/mol. The van der Waals surface area contributed by atoms with Gasteiger partial charge in [0.05, 0.1) is 0 Å². The van der Waals surface area contributed by atoms with E-state index in [-0.39, 0.29) is 0 Å². The van der Waals surface area contributed by atoms with E-state index in [2.05, 4.69) is 26.0 Å². The summed E-state index contributed by atoms with van der Waals surface area (Å²) in [5.74, 6) is 0. The van der Waals surface area contributed by atoms with Crippen LogP contribution in [0.2, 0.25) is 0 Å². The van der Waals surface area contributed by atoms with Crippen molar-refractivity contribution in [2.24, 2.45) is 0 Å². The second-order valence-corrected chi connectivity index (χ2v) is 4.07. The van der Waals surface area contributed by atoms with Gasteiger partial charge in [-0.05, 0) is 25.3 Å². The van der Waals surface area contributed by atoms with Gasteiger partial charge >= 0.3 is 0 Å². The van der Waals surface area contributed by atoms with Crippen LogP contribution in [0.15, 0.2) is 6.08 Å². The standard InChI is InChI=1S/C14H27/c1-3-5-7-9-11-13-14-12-10-8-6-4-2/h10H,3-7,9,11-14H2,1-2H3. The van der Waals surface area contributed by atoms with Gasteiger partial charge < -0.3 is 0 Å². The number of allylic oxidation sites excluding steroid dienone is 2. The maximum Gasteiger partial charge on any atom is -0.0282 e. The summed E-state index contributed by atoms with van der Waals surface area (Å²) in [5.41, 5.74) is 0. The molecule has 1 radical (unpaired) electrons. The number of rotatable bonds is 10. The van der Waals surface area contributed by atoms with Gasteiger partial charge in [0, 0.05) is 0 Å². The molecule has 83 valence electrons. The van der Waals surface area contributed by atoms with E-state index in [1.807, 2.05) is 0 Å². The van der Waals surface area contributed by atoms with Crippen LogP contribution in [-0.4, -0.2) is 0 Å². The Balaban J connectivity index is 2.91. The lowest BCUT2D eigenvalue weighted by molar-refractivity contribution is 0.591. The Labute approximate surface area is 90.8 Å². The summed E-state index contributed by atoms with van der Waals surface area (Å²) in [5, 5.41) is 0. The largest absolute Gasteiger partial charge is 0.0811 e. The SMILES string of the molecule is CCC/[C]=C/CCCCCCCCC. The van der Waals surface area contributed by atoms with E-state index in [1.165, 1.54) is 57.8 Å². The summed E-state index contributed by atoms with van der Waals surface area (Å²) in [7, 11) is 0. The summed E-state index contributed by atoms with van der Waals surface area (Å²) < 4.78 is 0. The van der Waals surface area contributed by atoms with Gasteiger partial charge in [-0.3, -0.25) is 0 Å². The molecule has 0 rings (SSSR count). The van der Waals surface area contributed by atoms with Crippen molar-refractivity contribution in [2.45, 2.75) is 78.1 Å². The average molecular weight is 195 g/mol. The molecule has 0 aliphatic rings. The second-order valence-electron chi connectivity index (χ2n) is 4.07. The highest BCUT2D eigenvalue weighted by molar-refractivity contribution is 4.72. The predicted octanol–water partition coefficient (Wildman–Crippen LogP) is 5.29. The van der Waals surface area contributed by atoms with Crippen LogP contribution in [0, 0.1) is 6.08 Å². The van der Waals surface area contributed by atoms with Crippen molar-refractivity contribution in [3.05, 3.63) is 12.2 Å². The zero-order valence-corrected chi connectivity index (χ0v) is 10.1. The molecular formula is C14H27. The predicted molar refractivity (Wildman–Crippen MR) is 65.3 cm³/mol. The fourth-order valence-electron chi connectivity index (χ4n) is 1.55. The zero-order chi connectivity index (χ0) is 10.5. The molecule has 0 heteroatoms. The highest BCUT2D eigenvalue weighted by Crippen LogP contribution is 2.08. The van der Waals surface area contributed by atoms with E-state index in [9.17, 15) is 0 Å². The first-order valence-corrected chi connectivity index (χ1v) is 6.46. The van der Waals surface area contributed by atoms with Gasteiger partial charge in [-0.15, -0.1) is 0 Å². The molecule has 0 saturated heterocycles. The van der Waals surface area contributed by atoms with E-state index in [0.29, 0.717) is 0 Å². The van der Waals surface area contributed by atoms with Gasteiger partial charge in [0.25, 0.3) is 0 Å². The van der Waals surface area contributed by atoms with Crippen molar-refractivity contribution >= 4 is 0 Å². The van der Waals surface area contributed by atoms with E-state index >= 15 is 0 Å². The number of hydrogen-bond acceptors (Lipinski definition) is 0. The minimum Gasteiger partial charge on any atom is -0.0811 e. The van der Waals surface area contributed by atoms with Crippen molar-refractivity contribution in [1.29, 1.82) is 0 Å². The number of hydrogen-bond donors (Lipinski definition) is 0. The Morgan fingerprint density at radius 1 is 0.786 bits per heavy atom. The van der Waals surface area contributed by atoms with Gasteiger partial charge in [0.15, 0.2) is 0 Å². The van der Waals surface area contributed by atoms with Gasteiger partial charge in [0.2, 0.25) is 0 Å². The minimum atomic E-state index is 1.14. The lowest BCUT2D eigenvalue weighted by atomic mass is 10.1. The molecular weight excluding hydrogens is 168 g/mol. The molecule has 14 heavy (non-hydrogen) atoms. The Kier molecular flexibility index (Phi) is 12.5. The Hall–Kier alpha value is -0.260. The van der Waals surface area contributed by atoms with Crippen molar-refractivity contribution < 1.29 is 0 Å². The van der Waals surface area contributed by atoms with Crippen LogP contribution in [0.1, 0.15) is 78.1 Å². The Morgan fingerprint density at radius 2 is 1.43 bits per heavy atom. The average Bonchev–Trinajstić information content (AvgIpc) is 2.21. The molecule has 0 spiro atoms. The molecule has 0 aliphatic heterocycles. The minimum absolute atomic E-state index is 1.14. The summed E-state index contributed by atoms with van der Waals surface area (Å²) >= 11 is 0. The van der Waals surface area contributed by atoms with Crippen molar-refractivity contribution in [3.8, 4) is 0 Å². The van der Waals surface area contributed by atoms with E-state index in [4.69, 9.17) is 0 Å². The van der Waals surface area contributed by atoms with Gasteiger partial charge in [-0.25, -0.2) is 0 Å². The van der Waals surface area contributed by atoms with Crippen LogP contribution in [0.25, 0.3) is 0 Å². The molecule has 0 aliphatic carbocycles. The lowest BCUT2D eigenvalue weighted by Crippen LogP contribution is -1.78. The van der Waals surface area contributed by atoms with Crippen LogP contribution >= 0.6 is 0 Å². The molecule has 0 unspecified atom stereocenters. The summed E-state index contributed by atoms with van der Waals surface area (Å²) in [4.78, 5) is 0. The maximum absolute atomic E-state index is 3.32. The smallest absolute Gasteiger partial charge is 0.0282 e. The highest BCUT2D eigenvalue weighted by Gasteiger charge is 1.88. The third-order valence-electron chi connectivity index (χ3n) is 2.49. The molecule has 0 N–H and O–H groups in total. The van der Waals surface area contributed by atoms with Crippen LogP contribution in [-0.2, 0) is 0 Å². The normalized spacial score (nSPS) is 11.3. The van der Waals surface area contributed by atoms with Crippen molar-refractivity contribution in [2.75, 3.05) is 0 Å². The Bertz CT molecular complexity index is 113. The molecule has 0 aromatic carbocycles. The first-order valence-electron chi connectivity index (χ1n) is 6.46. The van der Waals surface area contributed by atoms with E-state index in [1.54, 1.807) is 0 Å². The fraction of sp³-hybridized carbons (Fsp3) is 0.857. The molecule has 0 nitrogen and oxygen atoms in total. The molecule has 0 atom stereocenters. The first-order chi connectivity index (χ1) is 6.91. The zero-order valence-electron chi connectivity index (χ0n) is 10.1. The van der Waals surface area contributed by atoms with Crippen LogP contribution in [0.4, 0.5) is 0 Å². The molecule has 0 bridgehead atoms. The highest BCUT2D eigenvalue weighted by atomic mass is 13.9. The quantitative estimate of drug-likeness (QED) is 0.416. The maximum atomic E-state index is 3.32. The van der Waals surface area contributed by atoms with Gasteiger partial charge in [-0.1, -0.05) is 64.9 Å². The van der Waals surface area contributed by atoms with E-state index < -0.39 is 0 Å². The van der Waals surface area contributed by atoms with Crippen molar-refractivity contribution in [3.63, 3.8) is 0 Å². The molecule has 0 fully saturated rings. The van der Waals surface area contributed by atoms with Gasteiger partial charge in [-0.2, -0.15) is 0 Å². The van der Waals surface area contributed by atoms with Gasteiger partial charge in [0.1, 0.15) is 0 Å². The molecule has 0 aromatic heterocycles. The van der Waals surface area contributed by atoms with Crippen molar-refractivity contribution in [1.82, 2.24) is 0 Å². The molecule has 0 heterocycles. The van der Waals surface area contributed by atoms with E-state index in [0.717, 1.165) is 6.42 Å². The third kappa shape index (κ3) is 11.7. The van der Waals surface area contributed by atoms with Crippen LogP contribution < -0.4 is 0 Å². The Morgan fingerprint density at radius 3 is 2.07 bits per heavy atom. The topological polar surface area (TPSA) is 0 Å². The first kappa shape index (κ1) is 13.7. The molecule has 0 amide bonds. The fourth-order valence-corrected chi connectivity index (χ4v) is 1.55. The number of unbranched alkanes of at least 4 members (excludes halogenated alkanes) is 8. The summed E-state index contributed by atoms with van der Waals surface area (Å²) in [6, 6.07) is 0. The second kappa shape index (κ2) is 12.7.